The first-order valence-corrected chi connectivity index (χ1v) is 10.2. The summed E-state index contributed by atoms with van der Waals surface area (Å²) in [5.74, 6) is 2.05. The molecule has 0 aliphatic rings. The van der Waals surface area contributed by atoms with Gasteiger partial charge in [0.1, 0.15) is 19.0 Å². The molecule has 2 aromatic rings. The van der Waals surface area contributed by atoms with Crippen LogP contribution < -0.4 is 19.5 Å². The van der Waals surface area contributed by atoms with E-state index in [-0.39, 0.29) is 5.41 Å². The van der Waals surface area contributed by atoms with Crippen molar-refractivity contribution in [1.29, 1.82) is 0 Å². The zero-order valence-electron chi connectivity index (χ0n) is 17.6. The summed E-state index contributed by atoms with van der Waals surface area (Å²) in [6.45, 7) is 10.7. The molecular formula is C23H32ClNO3. The first-order valence-electron chi connectivity index (χ1n) is 9.87. The van der Waals surface area contributed by atoms with Crippen LogP contribution in [0.2, 0.25) is 5.02 Å². The second-order valence-electron chi connectivity index (χ2n) is 7.33. The maximum Gasteiger partial charge on any atom is 0.179 e. The third-order valence-electron chi connectivity index (χ3n) is 4.87. The molecule has 0 saturated carbocycles. The molecule has 4 nitrogen and oxygen atoms in total. The Labute approximate surface area is 174 Å². The van der Waals surface area contributed by atoms with Gasteiger partial charge in [0.05, 0.1) is 11.6 Å². The maximum absolute atomic E-state index is 6.40. The van der Waals surface area contributed by atoms with Crippen molar-refractivity contribution in [2.75, 3.05) is 26.9 Å². The van der Waals surface area contributed by atoms with Gasteiger partial charge in [-0.3, -0.25) is 0 Å². The molecule has 1 N–H and O–H groups in total. The molecule has 0 saturated heterocycles. The molecule has 0 aliphatic carbocycles. The topological polar surface area (TPSA) is 39.7 Å². The maximum atomic E-state index is 6.40. The highest BCUT2D eigenvalue weighted by molar-refractivity contribution is 6.32. The lowest BCUT2D eigenvalue weighted by Crippen LogP contribution is -2.15. The molecule has 0 bridgehead atoms. The van der Waals surface area contributed by atoms with Gasteiger partial charge in [0.2, 0.25) is 0 Å². The van der Waals surface area contributed by atoms with Gasteiger partial charge >= 0.3 is 0 Å². The summed E-state index contributed by atoms with van der Waals surface area (Å²) in [7, 11) is 1.89. The van der Waals surface area contributed by atoms with E-state index in [2.05, 4.69) is 38.2 Å². The Morgan fingerprint density at radius 1 is 0.964 bits per heavy atom. The number of hydrogen-bond donors (Lipinski definition) is 1. The molecule has 0 aliphatic heterocycles. The summed E-state index contributed by atoms with van der Waals surface area (Å²) in [5.41, 5.74) is 2.54. The van der Waals surface area contributed by atoms with Crippen molar-refractivity contribution in [2.24, 2.45) is 0 Å². The Bertz CT molecular complexity index is 744. The molecular weight excluding hydrogens is 374 g/mol. The van der Waals surface area contributed by atoms with Gasteiger partial charge in [0.15, 0.2) is 11.5 Å². The van der Waals surface area contributed by atoms with Crippen molar-refractivity contribution in [3.8, 4) is 17.2 Å². The molecule has 0 spiro atoms. The summed E-state index contributed by atoms with van der Waals surface area (Å²) < 4.78 is 17.4. The first-order chi connectivity index (χ1) is 13.4. The van der Waals surface area contributed by atoms with Crippen LogP contribution in [0, 0.1) is 0 Å². The molecule has 2 rings (SSSR count). The van der Waals surface area contributed by atoms with Crippen LogP contribution in [0.4, 0.5) is 0 Å². The van der Waals surface area contributed by atoms with E-state index in [1.807, 2.05) is 38.2 Å². The molecule has 0 unspecified atom stereocenters. The van der Waals surface area contributed by atoms with Gasteiger partial charge in [-0.1, -0.05) is 44.5 Å². The van der Waals surface area contributed by atoms with Crippen LogP contribution in [-0.4, -0.2) is 26.9 Å². The average Bonchev–Trinajstić information content (AvgIpc) is 2.67. The summed E-state index contributed by atoms with van der Waals surface area (Å²) in [5, 5.41) is 3.66. The molecule has 28 heavy (non-hydrogen) atoms. The molecule has 0 fully saturated rings. The van der Waals surface area contributed by atoms with Crippen molar-refractivity contribution < 1.29 is 14.2 Å². The van der Waals surface area contributed by atoms with E-state index < -0.39 is 0 Å². The molecule has 5 heteroatoms. The van der Waals surface area contributed by atoms with Crippen LogP contribution in [0.3, 0.4) is 0 Å². The van der Waals surface area contributed by atoms with E-state index in [9.17, 15) is 0 Å². The van der Waals surface area contributed by atoms with Crippen molar-refractivity contribution in [1.82, 2.24) is 5.32 Å². The lowest BCUT2D eigenvalue weighted by molar-refractivity contribution is 0.208. The average molecular weight is 406 g/mol. The summed E-state index contributed by atoms with van der Waals surface area (Å²) >= 11 is 6.40. The molecule has 0 radical (unpaired) electrons. The molecule has 154 valence electrons. The summed E-state index contributed by atoms with van der Waals surface area (Å²) in [4.78, 5) is 0. The molecule has 0 amide bonds. The monoisotopic (exact) mass is 405 g/mol. The van der Waals surface area contributed by atoms with Gasteiger partial charge in [-0.25, -0.2) is 0 Å². The fourth-order valence-electron chi connectivity index (χ4n) is 2.84. The third kappa shape index (κ3) is 6.05. The number of benzene rings is 2. The fourth-order valence-corrected chi connectivity index (χ4v) is 3.13. The minimum Gasteiger partial charge on any atom is -0.490 e. The van der Waals surface area contributed by atoms with Crippen molar-refractivity contribution in [2.45, 2.75) is 46.1 Å². The van der Waals surface area contributed by atoms with Gasteiger partial charge in [-0.05, 0) is 61.2 Å². The standard InChI is InChI=1S/C23H32ClNO3/c1-6-23(3,4)18-8-10-19(11-9-18)27-12-13-28-22-20(24)14-17(16-25-5)15-21(22)26-7-2/h8-11,14-15,25H,6-7,12-13,16H2,1-5H3. The number of ether oxygens (including phenoxy) is 3. The highest BCUT2D eigenvalue weighted by Crippen LogP contribution is 2.36. The zero-order valence-corrected chi connectivity index (χ0v) is 18.4. The molecule has 2 aromatic carbocycles. The van der Waals surface area contributed by atoms with Gasteiger partial charge < -0.3 is 19.5 Å². The minimum absolute atomic E-state index is 0.174. The van der Waals surface area contributed by atoms with E-state index >= 15 is 0 Å². The van der Waals surface area contributed by atoms with Crippen molar-refractivity contribution in [3.63, 3.8) is 0 Å². The lowest BCUT2D eigenvalue weighted by atomic mass is 9.82. The largest absolute Gasteiger partial charge is 0.490 e. The molecule has 0 heterocycles. The van der Waals surface area contributed by atoms with E-state index in [4.69, 9.17) is 25.8 Å². The van der Waals surface area contributed by atoms with Crippen molar-refractivity contribution in [3.05, 3.63) is 52.5 Å². The SMILES string of the molecule is CCOc1cc(CNC)cc(Cl)c1OCCOc1ccc(C(C)(C)CC)cc1. The number of nitrogens with one attached hydrogen (secondary N) is 1. The Kier molecular flexibility index (Phi) is 8.46. The fraction of sp³-hybridized carbons (Fsp3) is 0.478. The Morgan fingerprint density at radius 3 is 2.25 bits per heavy atom. The number of rotatable bonds is 11. The quantitative estimate of drug-likeness (QED) is 0.493. The lowest BCUT2D eigenvalue weighted by Gasteiger charge is -2.23. The Hall–Kier alpha value is -1.91. The third-order valence-corrected chi connectivity index (χ3v) is 5.15. The van der Waals surface area contributed by atoms with Gasteiger partial charge in [-0.2, -0.15) is 0 Å². The van der Waals surface area contributed by atoms with Crippen molar-refractivity contribution >= 4 is 11.6 Å². The Morgan fingerprint density at radius 2 is 1.64 bits per heavy atom. The molecule has 0 aromatic heterocycles. The predicted octanol–water partition coefficient (Wildman–Crippen LogP) is 5.60. The van der Waals surface area contributed by atoms with Crippen LogP contribution >= 0.6 is 11.6 Å². The molecule has 0 atom stereocenters. The van der Waals surface area contributed by atoms with E-state index in [1.165, 1.54) is 5.56 Å². The zero-order chi connectivity index (χ0) is 20.6. The van der Waals surface area contributed by atoms with E-state index in [1.54, 1.807) is 0 Å². The van der Waals surface area contributed by atoms with Crippen LogP contribution in [0.25, 0.3) is 0 Å². The minimum atomic E-state index is 0.174. The highest BCUT2D eigenvalue weighted by Gasteiger charge is 2.17. The van der Waals surface area contributed by atoms with Crippen LogP contribution in [-0.2, 0) is 12.0 Å². The van der Waals surface area contributed by atoms with Crippen LogP contribution in [0.5, 0.6) is 17.2 Å². The highest BCUT2D eigenvalue weighted by atomic mass is 35.5. The second kappa shape index (κ2) is 10.6. The first kappa shape index (κ1) is 22.4. The van der Waals surface area contributed by atoms with Gasteiger partial charge in [0, 0.05) is 6.54 Å². The van der Waals surface area contributed by atoms with Gasteiger partial charge in [0.25, 0.3) is 0 Å². The number of halogens is 1. The van der Waals surface area contributed by atoms with Crippen LogP contribution in [0.15, 0.2) is 36.4 Å². The van der Waals surface area contributed by atoms with Crippen LogP contribution in [0.1, 0.15) is 45.2 Å². The van der Waals surface area contributed by atoms with Gasteiger partial charge in [-0.15, -0.1) is 0 Å². The summed E-state index contributed by atoms with van der Waals surface area (Å²) in [6.07, 6.45) is 1.09. The number of hydrogen-bond acceptors (Lipinski definition) is 4. The second-order valence-corrected chi connectivity index (χ2v) is 7.73. The van der Waals surface area contributed by atoms with E-state index in [0.717, 1.165) is 17.7 Å². The summed E-state index contributed by atoms with van der Waals surface area (Å²) in [6, 6.07) is 12.1. The van der Waals surface area contributed by atoms with E-state index in [0.29, 0.717) is 42.9 Å². The Balaban J connectivity index is 1.94. The normalized spacial score (nSPS) is 11.4. The predicted molar refractivity (Wildman–Crippen MR) is 116 cm³/mol. The smallest absolute Gasteiger partial charge is 0.179 e.